The predicted octanol–water partition coefficient (Wildman–Crippen LogP) is 4.06. The summed E-state index contributed by atoms with van der Waals surface area (Å²) in [5.41, 5.74) is 3.24. The van der Waals surface area contributed by atoms with Crippen LogP contribution in [-0.4, -0.2) is 32.2 Å². The Kier molecular flexibility index (Phi) is 7.70. The van der Waals surface area contributed by atoms with Gasteiger partial charge in [0.25, 0.3) is 0 Å². The molecule has 0 unspecified atom stereocenters. The van der Waals surface area contributed by atoms with E-state index in [9.17, 15) is 0 Å². The molecule has 0 saturated heterocycles. The van der Waals surface area contributed by atoms with Crippen LogP contribution in [0.2, 0.25) is 0 Å². The number of hydrogen-bond donors (Lipinski definition) is 2. The zero-order valence-corrected chi connectivity index (χ0v) is 18.3. The molecule has 0 bridgehead atoms. The number of methoxy groups -OCH3 is 2. The second kappa shape index (κ2) is 10.9. The average Bonchev–Trinajstić information content (AvgIpc) is 2.81. The molecule has 0 radical (unpaired) electrons. The van der Waals surface area contributed by atoms with Crippen LogP contribution >= 0.6 is 0 Å². The number of benzene rings is 2. The molecule has 0 aliphatic rings. The third kappa shape index (κ3) is 6.37. The van der Waals surface area contributed by atoms with Gasteiger partial charge in [0.15, 0.2) is 5.96 Å². The van der Waals surface area contributed by atoms with Crippen molar-refractivity contribution in [2.45, 2.75) is 20.0 Å². The first-order valence-corrected chi connectivity index (χ1v) is 9.96. The highest BCUT2D eigenvalue weighted by Crippen LogP contribution is 2.22. The Balaban J connectivity index is 1.51. The summed E-state index contributed by atoms with van der Waals surface area (Å²) in [6, 6.07) is 17.3. The minimum Gasteiger partial charge on any atom is -0.497 e. The molecule has 0 atom stereocenters. The van der Waals surface area contributed by atoms with E-state index in [1.807, 2.05) is 49.4 Å². The van der Waals surface area contributed by atoms with Crippen LogP contribution in [0, 0.1) is 6.92 Å². The number of hydrogen-bond acceptors (Lipinski definition) is 5. The molecule has 3 rings (SSSR count). The number of pyridine rings is 1. The molecular formula is C24H28N4O3. The van der Waals surface area contributed by atoms with Crippen LogP contribution in [0.4, 0.5) is 0 Å². The average molecular weight is 421 g/mol. The first kappa shape index (κ1) is 22.0. The zero-order valence-electron chi connectivity index (χ0n) is 18.3. The van der Waals surface area contributed by atoms with Gasteiger partial charge in [0.1, 0.15) is 17.2 Å². The van der Waals surface area contributed by atoms with Crippen molar-refractivity contribution in [2.24, 2.45) is 4.99 Å². The summed E-state index contributed by atoms with van der Waals surface area (Å²) in [5, 5.41) is 6.60. The summed E-state index contributed by atoms with van der Waals surface area (Å²) in [4.78, 5) is 8.65. The van der Waals surface area contributed by atoms with Crippen molar-refractivity contribution in [1.82, 2.24) is 15.6 Å². The lowest BCUT2D eigenvalue weighted by atomic mass is 10.1. The largest absolute Gasteiger partial charge is 0.497 e. The Morgan fingerprint density at radius 2 is 1.65 bits per heavy atom. The first-order chi connectivity index (χ1) is 15.1. The second-order valence-electron chi connectivity index (χ2n) is 6.88. The van der Waals surface area contributed by atoms with Gasteiger partial charge in [0, 0.05) is 38.0 Å². The Morgan fingerprint density at radius 3 is 2.29 bits per heavy atom. The number of ether oxygens (including phenoxy) is 3. The molecule has 2 N–H and O–H groups in total. The number of rotatable bonds is 8. The van der Waals surface area contributed by atoms with Crippen molar-refractivity contribution >= 4 is 5.96 Å². The monoisotopic (exact) mass is 420 g/mol. The molecule has 7 heteroatoms. The van der Waals surface area contributed by atoms with Gasteiger partial charge in [0.05, 0.1) is 14.2 Å². The predicted molar refractivity (Wildman–Crippen MR) is 122 cm³/mol. The summed E-state index contributed by atoms with van der Waals surface area (Å²) >= 11 is 0. The molecular weight excluding hydrogens is 392 g/mol. The fourth-order valence-electron chi connectivity index (χ4n) is 2.92. The molecule has 0 saturated carbocycles. The van der Waals surface area contributed by atoms with Crippen molar-refractivity contribution < 1.29 is 14.2 Å². The van der Waals surface area contributed by atoms with Crippen LogP contribution in [-0.2, 0) is 13.1 Å². The van der Waals surface area contributed by atoms with Crippen LogP contribution in [0.15, 0.2) is 65.8 Å². The zero-order chi connectivity index (χ0) is 22.1. The summed E-state index contributed by atoms with van der Waals surface area (Å²) in [6.07, 6.45) is 1.78. The lowest BCUT2D eigenvalue weighted by Gasteiger charge is -2.14. The quantitative estimate of drug-likeness (QED) is 0.423. The SMILES string of the molecule is CN=C(NCc1ccc(Oc2ccc(OC)cc2)nc1)NCc1ccc(C)cc1OC. The molecule has 31 heavy (non-hydrogen) atoms. The maximum atomic E-state index is 5.76. The first-order valence-electron chi connectivity index (χ1n) is 9.96. The highest BCUT2D eigenvalue weighted by atomic mass is 16.5. The van der Waals surface area contributed by atoms with E-state index in [-0.39, 0.29) is 0 Å². The topological polar surface area (TPSA) is 77.0 Å². The molecule has 0 aliphatic carbocycles. The van der Waals surface area contributed by atoms with Crippen molar-refractivity contribution in [2.75, 3.05) is 21.3 Å². The molecule has 162 valence electrons. The molecule has 0 spiro atoms. The van der Waals surface area contributed by atoms with Crippen LogP contribution in [0.1, 0.15) is 16.7 Å². The van der Waals surface area contributed by atoms with E-state index in [1.54, 1.807) is 27.5 Å². The highest BCUT2D eigenvalue weighted by Gasteiger charge is 2.06. The lowest BCUT2D eigenvalue weighted by Crippen LogP contribution is -2.36. The molecule has 1 aromatic heterocycles. The molecule has 0 fully saturated rings. The van der Waals surface area contributed by atoms with Gasteiger partial charge >= 0.3 is 0 Å². The van der Waals surface area contributed by atoms with E-state index in [2.05, 4.69) is 32.7 Å². The van der Waals surface area contributed by atoms with Gasteiger partial charge in [-0.1, -0.05) is 18.2 Å². The van der Waals surface area contributed by atoms with Gasteiger partial charge in [0.2, 0.25) is 5.88 Å². The standard InChI is InChI=1S/C24H28N4O3/c1-17-5-7-19(22(13-17)30-4)16-28-24(25-2)27-15-18-6-12-23(26-14-18)31-21-10-8-20(29-3)9-11-21/h5-14H,15-16H2,1-4H3,(H2,25,27,28). The number of aryl methyl sites for hydroxylation is 1. The molecule has 7 nitrogen and oxygen atoms in total. The Labute approximate surface area is 183 Å². The van der Waals surface area contributed by atoms with Crippen molar-refractivity contribution in [3.05, 3.63) is 77.5 Å². The summed E-state index contributed by atoms with van der Waals surface area (Å²) in [5.74, 6) is 3.57. The van der Waals surface area contributed by atoms with Gasteiger partial charge in [-0.2, -0.15) is 0 Å². The molecule has 0 amide bonds. The van der Waals surface area contributed by atoms with E-state index < -0.39 is 0 Å². The van der Waals surface area contributed by atoms with Gasteiger partial charge in [-0.25, -0.2) is 4.98 Å². The normalized spacial score (nSPS) is 11.0. The van der Waals surface area contributed by atoms with Crippen molar-refractivity contribution in [1.29, 1.82) is 0 Å². The Hall–Kier alpha value is -3.74. The number of nitrogens with one attached hydrogen (secondary N) is 2. The highest BCUT2D eigenvalue weighted by molar-refractivity contribution is 5.79. The number of guanidine groups is 1. The van der Waals surface area contributed by atoms with Gasteiger partial charge in [-0.05, 0) is 48.4 Å². The number of nitrogens with zero attached hydrogens (tertiary/aromatic N) is 2. The number of aromatic nitrogens is 1. The summed E-state index contributed by atoms with van der Waals surface area (Å²) in [7, 11) is 5.06. The van der Waals surface area contributed by atoms with Gasteiger partial charge in [-0.3, -0.25) is 4.99 Å². The molecule has 1 heterocycles. The molecule has 0 aliphatic heterocycles. The van der Waals surface area contributed by atoms with Crippen molar-refractivity contribution in [3.63, 3.8) is 0 Å². The van der Waals surface area contributed by atoms with E-state index in [0.29, 0.717) is 30.7 Å². The van der Waals surface area contributed by atoms with Crippen LogP contribution in [0.25, 0.3) is 0 Å². The van der Waals surface area contributed by atoms with Crippen LogP contribution in [0.3, 0.4) is 0 Å². The van der Waals surface area contributed by atoms with Crippen molar-refractivity contribution in [3.8, 4) is 23.1 Å². The smallest absolute Gasteiger partial charge is 0.219 e. The third-order valence-electron chi connectivity index (χ3n) is 4.65. The Morgan fingerprint density at radius 1 is 0.903 bits per heavy atom. The molecule has 3 aromatic rings. The lowest BCUT2D eigenvalue weighted by molar-refractivity contribution is 0.408. The fraction of sp³-hybridized carbons (Fsp3) is 0.250. The van der Waals surface area contributed by atoms with E-state index in [4.69, 9.17) is 14.2 Å². The number of aliphatic imine (C=N–C) groups is 1. The summed E-state index contributed by atoms with van der Waals surface area (Å²) in [6.45, 7) is 3.23. The van der Waals surface area contributed by atoms with Gasteiger partial charge < -0.3 is 24.8 Å². The van der Waals surface area contributed by atoms with E-state index >= 15 is 0 Å². The van der Waals surface area contributed by atoms with Crippen LogP contribution < -0.4 is 24.8 Å². The summed E-state index contributed by atoms with van der Waals surface area (Å²) < 4.78 is 16.4. The maximum Gasteiger partial charge on any atom is 0.219 e. The van der Waals surface area contributed by atoms with E-state index in [1.165, 1.54) is 0 Å². The van der Waals surface area contributed by atoms with E-state index in [0.717, 1.165) is 28.2 Å². The Bertz CT molecular complexity index is 1000. The van der Waals surface area contributed by atoms with Gasteiger partial charge in [-0.15, -0.1) is 0 Å². The third-order valence-corrected chi connectivity index (χ3v) is 4.65. The minimum absolute atomic E-state index is 0.530. The fourth-order valence-corrected chi connectivity index (χ4v) is 2.92. The van der Waals surface area contributed by atoms with Crippen LogP contribution in [0.5, 0.6) is 23.1 Å². The second-order valence-corrected chi connectivity index (χ2v) is 6.88. The molecule has 2 aromatic carbocycles. The maximum absolute atomic E-state index is 5.76. The minimum atomic E-state index is 0.530.